The minimum absolute atomic E-state index is 0.115. The standard InChI is InChI=1S/C22H29NO7S/c1-10-12-7-11-3-4-13(25)20-16(11)22(10,5-6-23(12)2)15(30-20)9-31-21-19(28)18(27)17(26)14(8-24)29-21/h3-4,9-10,12,14,17-19,21,24-28H,5-8H2,1-2H3/b15-9+. The molecule has 5 N–H and O–H groups in total. The number of phenolic OH excluding ortho intramolecular Hbond substituents is 1. The Morgan fingerprint density at radius 3 is 2.74 bits per heavy atom. The van der Waals surface area contributed by atoms with Gasteiger partial charge in [-0.05, 0) is 44.0 Å². The van der Waals surface area contributed by atoms with Crippen LogP contribution in [0.2, 0.25) is 0 Å². The number of aromatic hydroxyl groups is 1. The number of piperidine rings is 1. The summed E-state index contributed by atoms with van der Waals surface area (Å²) in [5.74, 6) is 1.58. The molecule has 9 heteroatoms. The average molecular weight is 452 g/mol. The number of thioether (sulfide) groups is 1. The van der Waals surface area contributed by atoms with Gasteiger partial charge in [0.15, 0.2) is 11.5 Å². The molecule has 2 fully saturated rings. The third-order valence-corrected chi connectivity index (χ3v) is 8.70. The van der Waals surface area contributed by atoms with Crippen molar-refractivity contribution >= 4 is 11.8 Å². The molecule has 0 saturated carbocycles. The summed E-state index contributed by atoms with van der Waals surface area (Å²) in [6.45, 7) is 2.65. The Morgan fingerprint density at radius 1 is 1.23 bits per heavy atom. The van der Waals surface area contributed by atoms with Gasteiger partial charge in [-0.2, -0.15) is 0 Å². The summed E-state index contributed by atoms with van der Waals surface area (Å²) >= 11 is 1.16. The number of rotatable bonds is 3. The number of likely N-dealkylation sites (N-methyl/N-ethyl adjacent to an activating group) is 1. The molecule has 1 spiro atoms. The highest BCUT2D eigenvalue weighted by Crippen LogP contribution is 2.62. The zero-order valence-electron chi connectivity index (χ0n) is 17.5. The van der Waals surface area contributed by atoms with Gasteiger partial charge >= 0.3 is 0 Å². The van der Waals surface area contributed by atoms with E-state index in [2.05, 4.69) is 18.9 Å². The second-order valence-electron chi connectivity index (χ2n) is 9.13. The molecule has 1 aromatic rings. The van der Waals surface area contributed by atoms with Crippen LogP contribution in [0.1, 0.15) is 24.5 Å². The van der Waals surface area contributed by atoms with Gasteiger partial charge < -0.3 is 39.9 Å². The lowest BCUT2D eigenvalue weighted by Gasteiger charge is -2.52. The van der Waals surface area contributed by atoms with E-state index in [1.54, 1.807) is 11.5 Å². The molecule has 8 nitrogen and oxygen atoms in total. The summed E-state index contributed by atoms with van der Waals surface area (Å²) in [6.07, 6.45) is -3.34. The van der Waals surface area contributed by atoms with E-state index in [1.807, 2.05) is 6.07 Å². The number of likely N-dealkylation sites (tertiary alicyclic amines) is 1. The molecule has 2 saturated heterocycles. The second-order valence-corrected chi connectivity index (χ2v) is 10.1. The number of fused-ring (bicyclic) bond motifs is 1. The van der Waals surface area contributed by atoms with Gasteiger partial charge in [-0.25, -0.2) is 0 Å². The van der Waals surface area contributed by atoms with Crippen LogP contribution in [-0.4, -0.2) is 86.5 Å². The van der Waals surface area contributed by atoms with Crippen molar-refractivity contribution in [2.24, 2.45) is 5.92 Å². The number of hydrogen-bond donors (Lipinski definition) is 5. The lowest BCUT2D eigenvalue weighted by molar-refractivity contribution is -0.205. The Morgan fingerprint density at radius 2 is 2.00 bits per heavy atom. The van der Waals surface area contributed by atoms with Crippen LogP contribution in [0.5, 0.6) is 11.5 Å². The fraction of sp³-hybridized carbons (Fsp3) is 0.636. The highest BCUT2D eigenvalue weighted by Gasteiger charge is 2.59. The molecule has 0 aromatic heterocycles. The minimum atomic E-state index is -1.42. The molecule has 8 unspecified atom stereocenters. The van der Waals surface area contributed by atoms with E-state index < -0.39 is 36.5 Å². The first-order valence-electron chi connectivity index (χ1n) is 10.7. The van der Waals surface area contributed by atoms with E-state index in [-0.39, 0.29) is 17.1 Å². The maximum Gasteiger partial charge on any atom is 0.173 e. The van der Waals surface area contributed by atoms with E-state index >= 15 is 0 Å². The summed E-state index contributed by atoms with van der Waals surface area (Å²) < 4.78 is 11.9. The first-order chi connectivity index (χ1) is 14.8. The van der Waals surface area contributed by atoms with Crippen LogP contribution in [0.25, 0.3) is 0 Å². The van der Waals surface area contributed by atoms with Crippen LogP contribution < -0.4 is 4.74 Å². The maximum atomic E-state index is 10.5. The number of aliphatic hydroxyl groups excluding tert-OH is 4. The van der Waals surface area contributed by atoms with Crippen LogP contribution in [0.4, 0.5) is 0 Å². The minimum Gasteiger partial charge on any atom is -0.504 e. The monoisotopic (exact) mass is 451 g/mol. The van der Waals surface area contributed by atoms with Crippen molar-refractivity contribution in [2.45, 2.75) is 61.1 Å². The normalized spacial score (nSPS) is 43.0. The van der Waals surface area contributed by atoms with E-state index in [0.29, 0.717) is 17.6 Å². The van der Waals surface area contributed by atoms with Crippen molar-refractivity contribution in [3.05, 3.63) is 34.4 Å². The Labute approximate surface area is 185 Å². The maximum absolute atomic E-state index is 10.5. The fourth-order valence-corrected chi connectivity index (χ4v) is 6.90. The van der Waals surface area contributed by atoms with Gasteiger partial charge in [0, 0.05) is 17.0 Å². The topological polar surface area (TPSA) is 123 Å². The molecular formula is C22H29NO7S. The largest absolute Gasteiger partial charge is 0.504 e. The number of benzene rings is 1. The first kappa shape index (κ1) is 21.5. The highest BCUT2D eigenvalue weighted by atomic mass is 32.2. The molecule has 4 aliphatic rings. The molecule has 8 atom stereocenters. The van der Waals surface area contributed by atoms with Crippen LogP contribution in [0.15, 0.2) is 23.3 Å². The quantitative estimate of drug-likeness (QED) is 0.441. The third-order valence-electron chi connectivity index (χ3n) is 7.69. The Balaban J connectivity index is 1.51. The fourth-order valence-electron chi connectivity index (χ4n) is 5.85. The van der Waals surface area contributed by atoms with Crippen LogP contribution in [0.3, 0.4) is 0 Å². The van der Waals surface area contributed by atoms with E-state index in [9.17, 15) is 25.5 Å². The number of allylic oxidation sites excluding steroid dienone is 1. The molecule has 0 radical (unpaired) electrons. The lowest BCUT2D eigenvalue weighted by Crippen LogP contribution is -2.58. The van der Waals surface area contributed by atoms with Crippen molar-refractivity contribution in [1.82, 2.24) is 4.90 Å². The SMILES string of the molecule is CC1C2Cc3ccc(O)c4c3C1(CCN2C)/C(=C\SC1OC(CO)C(O)C(O)C1O)O4. The van der Waals surface area contributed by atoms with Gasteiger partial charge in [-0.3, -0.25) is 0 Å². The van der Waals surface area contributed by atoms with Gasteiger partial charge in [0.1, 0.15) is 35.6 Å². The molecule has 2 bridgehead atoms. The van der Waals surface area contributed by atoms with Gasteiger partial charge in [0.25, 0.3) is 0 Å². The smallest absolute Gasteiger partial charge is 0.173 e. The number of hydrogen-bond acceptors (Lipinski definition) is 9. The zero-order valence-corrected chi connectivity index (χ0v) is 18.3. The van der Waals surface area contributed by atoms with Crippen LogP contribution in [-0.2, 0) is 16.6 Å². The highest BCUT2D eigenvalue weighted by molar-refractivity contribution is 8.02. The summed E-state index contributed by atoms with van der Waals surface area (Å²) in [7, 11) is 2.14. The van der Waals surface area contributed by atoms with E-state index in [4.69, 9.17) is 9.47 Å². The summed E-state index contributed by atoms with van der Waals surface area (Å²) in [6, 6.07) is 4.01. The number of nitrogens with zero attached hydrogens (tertiary/aromatic N) is 1. The van der Waals surface area contributed by atoms with Crippen molar-refractivity contribution < 1.29 is 35.0 Å². The molecule has 0 amide bonds. The second kappa shape index (κ2) is 7.62. The molecule has 3 aliphatic heterocycles. The summed E-state index contributed by atoms with van der Waals surface area (Å²) in [5.41, 5.74) is 0.995. The Bertz CT molecular complexity index is 908. The molecule has 31 heavy (non-hydrogen) atoms. The van der Waals surface area contributed by atoms with Gasteiger partial charge in [-0.15, -0.1) is 0 Å². The first-order valence-corrected chi connectivity index (χ1v) is 11.6. The van der Waals surface area contributed by atoms with E-state index in [0.717, 1.165) is 36.7 Å². The predicted octanol–water partition coefficient (Wildman–Crippen LogP) is 0.293. The van der Waals surface area contributed by atoms with E-state index in [1.165, 1.54) is 5.56 Å². The molecule has 170 valence electrons. The van der Waals surface area contributed by atoms with Gasteiger partial charge in [0.2, 0.25) is 0 Å². The molecule has 3 heterocycles. The van der Waals surface area contributed by atoms with Crippen molar-refractivity contribution in [2.75, 3.05) is 20.2 Å². The zero-order chi connectivity index (χ0) is 22.1. The summed E-state index contributed by atoms with van der Waals surface area (Å²) in [5, 5.41) is 52.3. The van der Waals surface area contributed by atoms with Gasteiger partial charge in [0.05, 0.1) is 12.0 Å². The van der Waals surface area contributed by atoms with Crippen LogP contribution >= 0.6 is 11.8 Å². The summed E-state index contributed by atoms with van der Waals surface area (Å²) in [4.78, 5) is 2.38. The van der Waals surface area contributed by atoms with Crippen molar-refractivity contribution in [3.63, 3.8) is 0 Å². The molecule has 5 rings (SSSR count). The molecule has 1 aliphatic carbocycles. The van der Waals surface area contributed by atoms with Crippen molar-refractivity contribution in [1.29, 1.82) is 0 Å². The Kier molecular flexibility index (Phi) is 5.29. The average Bonchev–Trinajstić information content (AvgIpc) is 3.09. The lowest BCUT2D eigenvalue weighted by atomic mass is 9.58. The predicted molar refractivity (Wildman–Crippen MR) is 114 cm³/mol. The van der Waals surface area contributed by atoms with Crippen LogP contribution in [0, 0.1) is 5.92 Å². The third kappa shape index (κ3) is 2.98. The molecular weight excluding hydrogens is 422 g/mol. The van der Waals surface area contributed by atoms with Gasteiger partial charge in [-0.1, -0.05) is 24.8 Å². The Hall–Kier alpha value is -1.33. The number of phenols is 1. The van der Waals surface area contributed by atoms with Crippen molar-refractivity contribution in [3.8, 4) is 11.5 Å². The number of ether oxygens (including phenoxy) is 2. The molecule has 1 aromatic carbocycles. The number of aliphatic hydroxyl groups is 4.